The molecule has 0 aromatic heterocycles. The summed E-state index contributed by atoms with van der Waals surface area (Å²) in [4.78, 5) is 16.3. The monoisotopic (exact) mass is 411 g/mol. The van der Waals surface area contributed by atoms with E-state index in [1.807, 2.05) is 30.3 Å². The van der Waals surface area contributed by atoms with E-state index in [0.717, 1.165) is 18.5 Å². The van der Waals surface area contributed by atoms with Crippen LogP contribution in [0, 0.1) is 41.5 Å². The van der Waals surface area contributed by atoms with Gasteiger partial charge in [-0.05, 0) is 75.8 Å². The molecule has 3 aromatic carbocycles. The van der Waals surface area contributed by atoms with Crippen molar-refractivity contribution in [3.8, 4) is 0 Å². The van der Waals surface area contributed by atoms with Crippen LogP contribution in [0.3, 0.4) is 0 Å². The van der Waals surface area contributed by atoms with Crippen LogP contribution < -0.4 is 4.90 Å². The second kappa shape index (κ2) is 8.34. The third-order valence-corrected chi connectivity index (χ3v) is 6.76. The molecule has 0 amide bonds. The third kappa shape index (κ3) is 3.92. The zero-order valence-electron chi connectivity index (χ0n) is 19.6. The van der Waals surface area contributed by atoms with E-state index < -0.39 is 0 Å². The molecule has 31 heavy (non-hydrogen) atoms. The van der Waals surface area contributed by atoms with Crippen LogP contribution in [-0.4, -0.2) is 18.4 Å². The Morgan fingerprint density at radius 3 is 1.84 bits per heavy atom. The fourth-order valence-electron chi connectivity index (χ4n) is 5.84. The van der Waals surface area contributed by atoms with Crippen molar-refractivity contribution in [3.05, 3.63) is 99.1 Å². The van der Waals surface area contributed by atoms with Crippen LogP contribution in [0.1, 0.15) is 61.6 Å². The number of benzene rings is 3. The van der Waals surface area contributed by atoms with Crippen LogP contribution in [-0.2, 0) is 0 Å². The van der Waals surface area contributed by atoms with Gasteiger partial charge in [-0.25, -0.2) is 0 Å². The molecule has 1 fully saturated rings. The van der Waals surface area contributed by atoms with Gasteiger partial charge in [0.25, 0.3) is 0 Å². The van der Waals surface area contributed by atoms with Gasteiger partial charge >= 0.3 is 0 Å². The number of carbonyl (C=O) groups excluding carboxylic acids is 1. The third-order valence-electron chi connectivity index (χ3n) is 6.76. The van der Waals surface area contributed by atoms with Gasteiger partial charge in [-0.3, -0.25) is 4.79 Å². The average Bonchev–Trinajstić information content (AvgIpc) is 3.10. The van der Waals surface area contributed by atoms with Gasteiger partial charge < -0.3 is 4.90 Å². The standard InChI is InChI=1S/C29H33NO/c1-18-14-20(3)26(21(4)15-18)25-12-13-30(27-22(5)16-19(2)17-23(27)6)28(25)29(31)24-10-8-7-9-11-24/h7-11,14-17,25,28H,12-13H2,1-6H3. The molecule has 0 N–H and O–H groups in total. The van der Waals surface area contributed by atoms with Crippen molar-refractivity contribution < 1.29 is 4.79 Å². The van der Waals surface area contributed by atoms with Crippen LogP contribution >= 0.6 is 0 Å². The molecule has 1 aliphatic rings. The minimum Gasteiger partial charge on any atom is -0.360 e. The van der Waals surface area contributed by atoms with E-state index >= 15 is 0 Å². The molecule has 2 heteroatoms. The molecule has 0 bridgehead atoms. The number of carbonyl (C=O) groups is 1. The van der Waals surface area contributed by atoms with Gasteiger partial charge in [-0.15, -0.1) is 0 Å². The summed E-state index contributed by atoms with van der Waals surface area (Å²) in [7, 11) is 0. The molecule has 0 saturated carbocycles. The van der Waals surface area contributed by atoms with Gasteiger partial charge in [0.2, 0.25) is 0 Å². The summed E-state index contributed by atoms with van der Waals surface area (Å²) in [6.07, 6.45) is 0.987. The van der Waals surface area contributed by atoms with Crippen LogP contribution in [0.25, 0.3) is 0 Å². The number of ketones is 1. The second-order valence-electron chi connectivity index (χ2n) is 9.32. The molecule has 1 saturated heterocycles. The number of hydrogen-bond acceptors (Lipinski definition) is 2. The molecule has 3 aromatic rings. The first-order chi connectivity index (χ1) is 14.8. The number of Topliss-reactive ketones (excluding diaryl/α,β-unsaturated/α-hetero) is 1. The van der Waals surface area contributed by atoms with Gasteiger partial charge in [-0.2, -0.15) is 0 Å². The molecule has 2 atom stereocenters. The summed E-state index contributed by atoms with van der Waals surface area (Å²) >= 11 is 0. The lowest BCUT2D eigenvalue weighted by Crippen LogP contribution is -2.40. The molecule has 1 heterocycles. The first kappa shape index (κ1) is 21.4. The molecule has 0 aliphatic carbocycles. The number of rotatable bonds is 4. The van der Waals surface area contributed by atoms with E-state index in [-0.39, 0.29) is 17.7 Å². The van der Waals surface area contributed by atoms with E-state index in [1.165, 1.54) is 44.6 Å². The Bertz CT molecular complexity index is 1020. The predicted octanol–water partition coefficient (Wildman–Crippen LogP) is 6.78. The first-order valence-electron chi connectivity index (χ1n) is 11.3. The van der Waals surface area contributed by atoms with E-state index in [1.54, 1.807) is 0 Å². The largest absolute Gasteiger partial charge is 0.360 e. The van der Waals surface area contributed by atoms with Crippen molar-refractivity contribution >= 4 is 11.5 Å². The number of hydrogen-bond donors (Lipinski definition) is 0. The number of aryl methyl sites for hydroxylation is 6. The van der Waals surface area contributed by atoms with Crippen molar-refractivity contribution in [1.29, 1.82) is 0 Å². The van der Waals surface area contributed by atoms with E-state index in [9.17, 15) is 4.79 Å². The molecule has 160 valence electrons. The zero-order chi connectivity index (χ0) is 22.3. The normalized spacial score (nSPS) is 18.5. The van der Waals surface area contributed by atoms with Crippen molar-refractivity contribution in [2.45, 2.75) is 59.9 Å². The Hall–Kier alpha value is -2.87. The van der Waals surface area contributed by atoms with Crippen LogP contribution in [0.4, 0.5) is 5.69 Å². The summed E-state index contributed by atoms with van der Waals surface area (Å²) in [5, 5.41) is 0. The van der Waals surface area contributed by atoms with Crippen molar-refractivity contribution in [3.63, 3.8) is 0 Å². The maximum Gasteiger partial charge on any atom is 0.185 e. The Morgan fingerprint density at radius 2 is 1.29 bits per heavy atom. The molecule has 2 nitrogen and oxygen atoms in total. The van der Waals surface area contributed by atoms with Crippen molar-refractivity contribution in [1.82, 2.24) is 0 Å². The molecular weight excluding hydrogens is 378 g/mol. The molecule has 1 aliphatic heterocycles. The van der Waals surface area contributed by atoms with Gasteiger partial charge in [-0.1, -0.05) is 65.7 Å². The first-order valence-corrected chi connectivity index (χ1v) is 11.3. The fraction of sp³-hybridized carbons (Fsp3) is 0.345. The Balaban J connectivity index is 1.87. The average molecular weight is 412 g/mol. The van der Waals surface area contributed by atoms with E-state index in [4.69, 9.17) is 0 Å². The Labute approximate surface area is 186 Å². The predicted molar refractivity (Wildman–Crippen MR) is 131 cm³/mol. The summed E-state index contributed by atoms with van der Waals surface area (Å²) in [5.41, 5.74) is 11.0. The Kier molecular flexibility index (Phi) is 5.75. The van der Waals surface area contributed by atoms with E-state index in [0.29, 0.717) is 0 Å². The van der Waals surface area contributed by atoms with Gasteiger partial charge in [0.05, 0.1) is 6.04 Å². The lowest BCUT2D eigenvalue weighted by atomic mass is 9.82. The molecule has 0 spiro atoms. The highest BCUT2D eigenvalue weighted by molar-refractivity contribution is 6.03. The Morgan fingerprint density at radius 1 is 0.774 bits per heavy atom. The highest BCUT2D eigenvalue weighted by Crippen LogP contribution is 2.43. The highest BCUT2D eigenvalue weighted by Gasteiger charge is 2.42. The van der Waals surface area contributed by atoms with Crippen LogP contribution in [0.5, 0.6) is 0 Å². The molecule has 0 radical (unpaired) electrons. The SMILES string of the molecule is Cc1cc(C)c(C2CCN(c3c(C)cc(C)cc3C)C2C(=O)c2ccccc2)c(C)c1. The van der Waals surface area contributed by atoms with Gasteiger partial charge in [0.1, 0.15) is 0 Å². The lowest BCUT2D eigenvalue weighted by Gasteiger charge is -2.33. The van der Waals surface area contributed by atoms with Gasteiger partial charge in [0.15, 0.2) is 5.78 Å². The summed E-state index contributed by atoms with van der Waals surface area (Å²) in [5.74, 6) is 0.412. The molecule has 4 rings (SSSR count). The number of anilines is 1. The quantitative estimate of drug-likeness (QED) is 0.441. The highest BCUT2D eigenvalue weighted by atomic mass is 16.1. The summed E-state index contributed by atoms with van der Waals surface area (Å²) in [6.45, 7) is 13.9. The molecule has 2 unspecified atom stereocenters. The minimum absolute atomic E-state index is 0.188. The smallest absolute Gasteiger partial charge is 0.185 e. The fourth-order valence-corrected chi connectivity index (χ4v) is 5.84. The van der Waals surface area contributed by atoms with Crippen molar-refractivity contribution in [2.75, 3.05) is 11.4 Å². The van der Waals surface area contributed by atoms with Gasteiger partial charge in [0, 0.05) is 23.7 Å². The topological polar surface area (TPSA) is 20.3 Å². The maximum atomic E-state index is 14.0. The summed E-state index contributed by atoms with van der Waals surface area (Å²) < 4.78 is 0. The zero-order valence-corrected chi connectivity index (χ0v) is 19.6. The minimum atomic E-state index is -0.192. The lowest BCUT2D eigenvalue weighted by molar-refractivity contribution is 0.0955. The van der Waals surface area contributed by atoms with Crippen molar-refractivity contribution in [2.24, 2.45) is 0 Å². The maximum absolute atomic E-state index is 14.0. The van der Waals surface area contributed by atoms with E-state index in [2.05, 4.69) is 70.7 Å². The van der Waals surface area contributed by atoms with Crippen LogP contribution in [0.2, 0.25) is 0 Å². The van der Waals surface area contributed by atoms with Crippen LogP contribution in [0.15, 0.2) is 54.6 Å². The summed E-state index contributed by atoms with van der Waals surface area (Å²) in [6, 6.07) is 18.6. The molecular formula is C29H33NO. The number of nitrogens with zero attached hydrogens (tertiary/aromatic N) is 1. The second-order valence-corrected chi connectivity index (χ2v) is 9.32.